The number of unbranched alkanes of at least 4 members (excludes halogenated alkanes) is 10. The first-order valence-corrected chi connectivity index (χ1v) is 14.9. The molecule has 0 bridgehead atoms. The summed E-state index contributed by atoms with van der Waals surface area (Å²) in [6.45, 7) is 12.6. The molecular formula is C27H56O3S. The van der Waals surface area contributed by atoms with Crippen LogP contribution in [0.5, 0.6) is 0 Å². The van der Waals surface area contributed by atoms with Gasteiger partial charge in [-0.15, -0.1) is 0 Å². The molecule has 0 aliphatic carbocycles. The van der Waals surface area contributed by atoms with Crippen molar-refractivity contribution in [1.82, 2.24) is 0 Å². The van der Waals surface area contributed by atoms with Crippen molar-refractivity contribution in [2.45, 2.75) is 137 Å². The first-order chi connectivity index (χ1) is 15.2. The molecule has 0 saturated heterocycles. The molecule has 0 radical (unpaired) electrons. The van der Waals surface area contributed by atoms with Gasteiger partial charge in [0.05, 0.1) is 0 Å². The molecule has 1 unspecified atom stereocenters. The number of thioether (sulfide) groups is 1. The molecule has 1 atom stereocenters. The largest absolute Gasteiger partial charge is 0.328 e. The first kappa shape index (κ1) is 31.2. The fourth-order valence-corrected chi connectivity index (χ4v) is 5.25. The fraction of sp³-hybridized carbons (Fsp3) is 1.00. The van der Waals surface area contributed by atoms with Crippen LogP contribution in [0.25, 0.3) is 0 Å². The van der Waals surface area contributed by atoms with Crippen molar-refractivity contribution in [2.75, 3.05) is 31.3 Å². The summed E-state index contributed by atoms with van der Waals surface area (Å²) in [5.74, 6) is 2.00. The normalized spacial score (nSPS) is 13.1. The Morgan fingerprint density at radius 3 is 1.45 bits per heavy atom. The van der Waals surface area contributed by atoms with E-state index in [9.17, 15) is 0 Å². The topological polar surface area (TPSA) is 27.7 Å². The summed E-state index contributed by atoms with van der Waals surface area (Å²) in [6, 6.07) is 0. The maximum Gasteiger partial charge on any atom is 0.285 e. The molecule has 31 heavy (non-hydrogen) atoms. The number of hydrogen-bond acceptors (Lipinski definition) is 4. The standard InChI is InChI=1S/C27H56O3S/c1-6-11-13-15-17-19-22-26(27(28-8-3,29-9-4)30-10-5)23-21-25-31-24-20-18-16-14-12-7-2/h26H,6-25H2,1-5H3. The molecule has 0 aromatic rings. The molecule has 0 rings (SSSR count). The van der Waals surface area contributed by atoms with Crippen LogP contribution in [0.4, 0.5) is 0 Å². The lowest BCUT2D eigenvalue weighted by Gasteiger charge is -2.39. The lowest BCUT2D eigenvalue weighted by Crippen LogP contribution is -2.46. The molecule has 0 heterocycles. The summed E-state index contributed by atoms with van der Waals surface area (Å²) >= 11 is 2.12. The van der Waals surface area contributed by atoms with Gasteiger partial charge in [0, 0.05) is 25.7 Å². The van der Waals surface area contributed by atoms with Crippen LogP contribution in [0, 0.1) is 5.92 Å². The van der Waals surface area contributed by atoms with E-state index in [-0.39, 0.29) is 0 Å². The Balaban J connectivity index is 4.50. The van der Waals surface area contributed by atoms with E-state index in [4.69, 9.17) is 14.2 Å². The number of hydrogen-bond donors (Lipinski definition) is 0. The third kappa shape index (κ3) is 16.5. The summed E-state index contributed by atoms with van der Waals surface area (Å²) in [7, 11) is 0. The number of rotatable bonds is 25. The molecular weight excluding hydrogens is 404 g/mol. The maximum absolute atomic E-state index is 6.16. The van der Waals surface area contributed by atoms with E-state index >= 15 is 0 Å². The summed E-state index contributed by atoms with van der Waals surface area (Å²) in [5.41, 5.74) is 0. The minimum Gasteiger partial charge on any atom is -0.328 e. The highest BCUT2D eigenvalue weighted by atomic mass is 32.2. The second-order valence-corrected chi connectivity index (χ2v) is 9.90. The van der Waals surface area contributed by atoms with Gasteiger partial charge in [-0.2, -0.15) is 11.8 Å². The smallest absolute Gasteiger partial charge is 0.285 e. The van der Waals surface area contributed by atoms with Crippen molar-refractivity contribution >= 4 is 11.8 Å². The SMILES string of the molecule is CCCCCCCCSCCCC(CCCCCCCC)C(OCC)(OCC)OCC. The lowest BCUT2D eigenvalue weighted by atomic mass is 9.93. The molecule has 0 fully saturated rings. The average molecular weight is 461 g/mol. The predicted octanol–water partition coefficient (Wildman–Crippen LogP) is 8.99. The van der Waals surface area contributed by atoms with Crippen LogP contribution in [0.1, 0.15) is 131 Å². The zero-order valence-electron chi connectivity index (χ0n) is 21.9. The predicted molar refractivity (Wildman–Crippen MR) is 139 cm³/mol. The van der Waals surface area contributed by atoms with Gasteiger partial charge in [-0.1, -0.05) is 84.5 Å². The van der Waals surface area contributed by atoms with Crippen molar-refractivity contribution < 1.29 is 14.2 Å². The average Bonchev–Trinajstić information content (AvgIpc) is 2.76. The van der Waals surface area contributed by atoms with Crippen LogP contribution in [-0.4, -0.2) is 37.3 Å². The van der Waals surface area contributed by atoms with E-state index in [2.05, 4.69) is 25.6 Å². The van der Waals surface area contributed by atoms with E-state index in [1.807, 2.05) is 20.8 Å². The Hall–Kier alpha value is 0.230. The molecule has 4 heteroatoms. The Morgan fingerprint density at radius 2 is 0.935 bits per heavy atom. The van der Waals surface area contributed by atoms with E-state index in [1.54, 1.807) is 0 Å². The Labute approximate surface area is 200 Å². The minimum atomic E-state index is -0.856. The summed E-state index contributed by atoms with van der Waals surface area (Å²) in [4.78, 5) is 0. The third-order valence-electron chi connectivity index (χ3n) is 5.93. The van der Waals surface area contributed by atoms with Crippen LogP contribution in [0.15, 0.2) is 0 Å². The van der Waals surface area contributed by atoms with E-state index in [1.165, 1.54) is 95.0 Å². The van der Waals surface area contributed by atoms with Gasteiger partial charge in [0.15, 0.2) is 0 Å². The van der Waals surface area contributed by atoms with Crippen LogP contribution < -0.4 is 0 Å². The Morgan fingerprint density at radius 1 is 0.516 bits per heavy atom. The van der Waals surface area contributed by atoms with Crippen molar-refractivity contribution in [2.24, 2.45) is 5.92 Å². The Bertz CT molecular complexity index is 334. The summed E-state index contributed by atoms with van der Waals surface area (Å²) in [5, 5.41) is 0. The third-order valence-corrected chi connectivity index (χ3v) is 7.08. The molecule has 3 nitrogen and oxygen atoms in total. The van der Waals surface area contributed by atoms with E-state index < -0.39 is 5.97 Å². The van der Waals surface area contributed by atoms with Gasteiger partial charge in [0.1, 0.15) is 0 Å². The van der Waals surface area contributed by atoms with Crippen molar-refractivity contribution in [3.63, 3.8) is 0 Å². The van der Waals surface area contributed by atoms with Crippen LogP contribution >= 0.6 is 11.8 Å². The van der Waals surface area contributed by atoms with Gasteiger partial charge in [0.2, 0.25) is 0 Å². The monoisotopic (exact) mass is 460 g/mol. The second kappa shape index (κ2) is 23.4. The minimum absolute atomic E-state index is 0.313. The molecule has 188 valence electrons. The fourth-order valence-electron chi connectivity index (χ4n) is 4.27. The molecule has 0 aromatic carbocycles. The van der Waals surface area contributed by atoms with Crippen molar-refractivity contribution in [3.8, 4) is 0 Å². The molecule has 0 aromatic heterocycles. The highest BCUT2D eigenvalue weighted by Gasteiger charge is 2.41. The van der Waals surface area contributed by atoms with Crippen LogP contribution in [-0.2, 0) is 14.2 Å². The van der Waals surface area contributed by atoms with E-state index in [0.717, 1.165) is 12.8 Å². The lowest BCUT2D eigenvalue weighted by molar-refractivity contribution is -0.403. The Kier molecular flexibility index (Phi) is 23.6. The quantitative estimate of drug-likeness (QED) is 0.100. The van der Waals surface area contributed by atoms with E-state index in [0.29, 0.717) is 25.7 Å². The first-order valence-electron chi connectivity index (χ1n) is 13.7. The zero-order valence-corrected chi connectivity index (χ0v) is 22.7. The van der Waals surface area contributed by atoms with Gasteiger partial charge in [-0.3, -0.25) is 0 Å². The van der Waals surface area contributed by atoms with Gasteiger partial charge in [-0.05, 0) is 58.0 Å². The maximum atomic E-state index is 6.16. The van der Waals surface area contributed by atoms with Gasteiger partial charge < -0.3 is 14.2 Å². The number of ether oxygens (including phenoxy) is 3. The van der Waals surface area contributed by atoms with Crippen molar-refractivity contribution in [3.05, 3.63) is 0 Å². The van der Waals surface area contributed by atoms with Gasteiger partial charge in [0.25, 0.3) is 5.97 Å². The second-order valence-electron chi connectivity index (χ2n) is 8.68. The molecule has 0 spiro atoms. The molecule has 0 saturated carbocycles. The zero-order chi connectivity index (χ0) is 23.0. The van der Waals surface area contributed by atoms with Crippen LogP contribution in [0.3, 0.4) is 0 Å². The molecule has 0 amide bonds. The van der Waals surface area contributed by atoms with Gasteiger partial charge >= 0.3 is 0 Å². The van der Waals surface area contributed by atoms with Crippen molar-refractivity contribution in [1.29, 1.82) is 0 Å². The van der Waals surface area contributed by atoms with Crippen LogP contribution in [0.2, 0.25) is 0 Å². The summed E-state index contributed by atoms with van der Waals surface area (Å²) < 4.78 is 18.5. The molecule has 0 aliphatic rings. The van der Waals surface area contributed by atoms with Gasteiger partial charge in [-0.25, -0.2) is 0 Å². The highest BCUT2D eigenvalue weighted by Crippen LogP contribution is 2.34. The summed E-state index contributed by atoms with van der Waals surface area (Å²) in [6.07, 6.45) is 19.7. The molecule has 0 N–H and O–H groups in total. The molecule has 0 aliphatic heterocycles. The highest BCUT2D eigenvalue weighted by molar-refractivity contribution is 7.99.